The van der Waals surface area contributed by atoms with Crippen molar-refractivity contribution in [2.24, 2.45) is 0 Å². The number of carbonyl (C=O) groups excluding carboxylic acids is 2. The molecule has 1 heterocycles. The van der Waals surface area contributed by atoms with Gasteiger partial charge in [-0.05, 0) is 48.4 Å². The van der Waals surface area contributed by atoms with Crippen molar-refractivity contribution < 1.29 is 18.7 Å². The van der Waals surface area contributed by atoms with E-state index in [1.807, 2.05) is 30.3 Å². The summed E-state index contributed by atoms with van der Waals surface area (Å²) in [5.74, 6) is 0.497. The summed E-state index contributed by atoms with van der Waals surface area (Å²) in [7, 11) is 1.62. The van der Waals surface area contributed by atoms with Crippen LogP contribution in [-0.2, 0) is 11.2 Å². The molecule has 2 N–H and O–H groups in total. The monoisotopic (exact) mass is 390 g/mol. The number of nitrogens with one attached hydrogen (secondary N) is 2. The zero-order valence-corrected chi connectivity index (χ0v) is 16.1. The first kappa shape index (κ1) is 19.9. The Balaban J connectivity index is 1.65. The molecule has 29 heavy (non-hydrogen) atoms. The lowest BCUT2D eigenvalue weighted by atomic mass is 10.1. The van der Waals surface area contributed by atoms with Gasteiger partial charge in [0.25, 0.3) is 11.8 Å². The molecule has 0 aliphatic carbocycles. The molecule has 3 rings (SSSR count). The minimum atomic E-state index is -0.390. The predicted molar refractivity (Wildman–Crippen MR) is 110 cm³/mol. The van der Waals surface area contributed by atoms with E-state index < -0.39 is 0 Å². The van der Waals surface area contributed by atoms with Crippen molar-refractivity contribution in [3.05, 3.63) is 95.6 Å². The molecule has 0 unspecified atom stereocenters. The van der Waals surface area contributed by atoms with Gasteiger partial charge in [-0.3, -0.25) is 9.59 Å². The van der Waals surface area contributed by atoms with Crippen molar-refractivity contribution in [3.8, 4) is 5.75 Å². The number of methoxy groups -OCH3 is 1. The van der Waals surface area contributed by atoms with Gasteiger partial charge in [-0.25, -0.2) is 0 Å². The van der Waals surface area contributed by atoms with Gasteiger partial charge in [0.2, 0.25) is 0 Å². The Labute approximate surface area is 169 Å². The minimum absolute atomic E-state index is 0.114. The molecule has 0 aliphatic heterocycles. The van der Waals surface area contributed by atoms with Crippen molar-refractivity contribution in [1.82, 2.24) is 10.6 Å². The highest BCUT2D eigenvalue weighted by molar-refractivity contribution is 6.05. The van der Waals surface area contributed by atoms with E-state index in [0.717, 1.165) is 11.3 Å². The highest BCUT2D eigenvalue weighted by Gasteiger charge is 2.15. The molecule has 0 aliphatic rings. The molecule has 0 saturated carbocycles. The Kier molecular flexibility index (Phi) is 6.84. The van der Waals surface area contributed by atoms with Gasteiger partial charge in [-0.15, -0.1) is 0 Å². The average molecular weight is 390 g/mol. The van der Waals surface area contributed by atoms with Gasteiger partial charge in [0.15, 0.2) is 0 Å². The molecule has 6 heteroatoms. The lowest BCUT2D eigenvalue weighted by molar-refractivity contribution is -0.117. The summed E-state index contributed by atoms with van der Waals surface area (Å²) < 4.78 is 10.4. The second-order valence-electron chi connectivity index (χ2n) is 6.25. The van der Waals surface area contributed by atoms with E-state index in [2.05, 4.69) is 10.6 Å². The van der Waals surface area contributed by atoms with Crippen LogP contribution in [0, 0.1) is 0 Å². The maximum Gasteiger partial charge on any atom is 0.267 e. The van der Waals surface area contributed by atoms with E-state index in [1.54, 1.807) is 43.5 Å². The molecule has 3 aromatic rings. The third-order valence-corrected chi connectivity index (χ3v) is 4.22. The summed E-state index contributed by atoms with van der Waals surface area (Å²) in [6.45, 7) is 0.419. The maximum absolute atomic E-state index is 12.7. The van der Waals surface area contributed by atoms with E-state index >= 15 is 0 Å². The van der Waals surface area contributed by atoms with E-state index in [-0.39, 0.29) is 17.5 Å². The molecule has 2 aromatic carbocycles. The number of ether oxygens (including phenoxy) is 1. The van der Waals surface area contributed by atoms with Gasteiger partial charge in [0, 0.05) is 18.2 Å². The van der Waals surface area contributed by atoms with Gasteiger partial charge < -0.3 is 19.8 Å². The Morgan fingerprint density at radius 3 is 2.41 bits per heavy atom. The molecule has 0 atom stereocenters. The first-order chi connectivity index (χ1) is 14.2. The average Bonchev–Trinajstić information content (AvgIpc) is 3.27. The van der Waals surface area contributed by atoms with Crippen molar-refractivity contribution in [2.75, 3.05) is 13.7 Å². The largest absolute Gasteiger partial charge is 0.497 e. The van der Waals surface area contributed by atoms with Crippen LogP contribution in [0.1, 0.15) is 21.7 Å². The van der Waals surface area contributed by atoms with Crippen LogP contribution in [0.25, 0.3) is 6.08 Å². The second-order valence-corrected chi connectivity index (χ2v) is 6.25. The third-order valence-electron chi connectivity index (χ3n) is 4.22. The second kappa shape index (κ2) is 9.94. The van der Waals surface area contributed by atoms with E-state index in [9.17, 15) is 9.59 Å². The standard InChI is InChI=1S/C23H22N2O4/c1-28-19-11-9-17(10-12-19)13-14-24-23(27)21(16-20-8-5-15-29-20)25-22(26)18-6-3-2-4-7-18/h2-12,15-16H,13-14H2,1H3,(H,24,27)(H,25,26). The first-order valence-corrected chi connectivity index (χ1v) is 9.18. The number of benzene rings is 2. The fraction of sp³-hybridized carbons (Fsp3) is 0.130. The molecule has 0 radical (unpaired) electrons. The quantitative estimate of drug-likeness (QED) is 0.578. The highest BCUT2D eigenvalue weighted by atomic mass is 16.5. The molecule has 1 aromatic heterocycles. The smallest absolute Gasteiger partial charge is 0.267 e. The molecule has 2 amide bonds. The van der Waals surface area contributed by atoms with Crippen LogP contribution in [0.4, 0.5) is 0 Å². The molecular weight excluding hydrogens is 368 g/mol. The summed E-state index contributed by atoms with van der Waals surface area (Å²) in [5, 5.41) is 5.50. The number of furan rings is 1. The van der Waals surface area contributed by atoms with Crippen LogP contribution in [0.2, 0.25) is 0 Å². The van der Waals surface area contributed by atoms with Crippen LogP contribution in [0.3, 0.4) is 0 Å². The van der Waals surface area contributed by atoms with E-state index in [4.69, 9.17) is 9.15 Å². The zero-order chi connectivity index (χ0) is 20.5. The Morgan fingerprint density at radius 1 is 1.00 bits per heavy atom. The van der Waals surface area contributed by atoms with E-state index in [1.165, 1.54) is 12.3 Å². The van der Waals surface area contributed by atoms with Crippen LogP contribution in [-0.4, -0.2) is 25.5 Å². The third kappa shape index (κ3) is 5.84. The summed E-state index contributed by atoms with van der Waals surface area (Å²) in [4.78, 5) is 25.1. The number of rotatable bonds is 8. The van der Waals surface area contributed by atoms with Gasteiger partial charge in [-0.1, -0.05) is 30.3 Å². The lowest BCUT2D eigenvalue weighted by Crippen LogP contribution is -2.35. The van der Waals surface area contributed by atoms with Crippen molar-refractivity contribution in [1.29, 1.82) is 0 Å². The Bertz CT molecular complexity index is 962. The SMILES string of the molecule is COc1ccc(CCNC(=O)C(=Cc2ccco2)NC(=O)c2ccccc2)cc1. The van der Waals surface area contributed by atoms with Crippen LogP contribution >= 0.6 is 0 Å². The van der Waals surface area contributed by atoms with Crippen LogP contribution in [0.15, 0.2) is 83.1 Å². The normalized spacial score (nSPS) is 11.0. The zero-order valence-electron chi connectivity index (χ0n) is 16.1. The number of hydrogen-bond acceptors (Lipinski definition) is 4. The molecule has 0 fully saturated rings. The molecule has 0 bridgehead atoms. The molecule has 0 spiro atoms. The first-order valence-electron chi connectivity index (χ1n) is 9.18. The lowest BCUT2D eigenvalue weighted by Gasteiger charge is -2.11. The number of carbonyl (C=O) groups is 2. The van der Waals surface area contributed by atoms with E-state index in [0.29, 0.717) is 24.3 Å². The topological polar surface area (TPSA) is 80.6 Å². The fourth-order valence-electron chi connectivity index (χ4n) is 2.67. The van der Waals surface area contributed by atoms with Gasteiger partial charge >= 0.3 is 0 Å². The van der Waals surface area contributed by atoms with Gasteiger partial charge in [0.05, 0.1) is 13.4 Å². The molecule has 6 nitrogen and oxygen atoms in total. The summed E-state index contributed by atoms with van der Waals surface area (Å²) in [5.41, 5.74) is 1.64. The summed E-state index contributed by atoms with van der Waals surface area (Å²) >= 11 is 0. The summed E-state index contributed by atoms with van der Waals surface area (Å²) in [6.07, 6.45) is 3.66. The fourth-order valence-corrected chi connectivity index (χ4v) is 2.67. The number of hydrogen-bond donors (Lipinski definition) is 2. The van der Waals surface area contributed by atoms with Gasteiger partial charge in [-0.2, -0.15) is 0 Å². The molecular formula is C23H22N2O4. The molecule has 0 saturated heterocycles. The Morgan fingerprint density at radius 2 is 1.76 bits per heavy atom. The molecule has 148 valence electrons. The summed E-state index contributed by atoms with van der Waals surface area (Å²) in [6, 6.07) is 19.8. The minimum Gasteiger partial charge on any atom is -0.497 e. The van der Waals surface area contributed by atoms with Crippen LogP contribution in [0.5, 0.6) is 5.75 Å². The van der Waals surface area contributed by atoms with Crippen molar-refractivity contribution in [2.45, 2.75) is 6.42 Å². The number of amides is 2. The van der Waals surface area contributed by atoms with Crippen molar-refractivity contribution in [3.63, 3.8) is 0 Å². The van der Waals surface area contributed by atoms with Gasteiger partial charge in [0.1, 0.15) is 17.2 Å². The Hall–Kier alpha value is -3.80. The maximum atomic E-state index is 12.7. The highest BCUT2D eigenvalue weighted by Crippen LogP contribution is 2.12. The predicted octanol–water partition coefficient (Wildman–Crippen LogP) is 3.42. The van der Waals surface area contributed by atoms with Crippen molar-refractivity contribution >= 4 is 17.9 Å². The van der Waals surface area contributed by atoms with Crippen LogP contribution < -0.4 is 15.4 Å².